The fraction of sp³-hybridized carbons (Fsp3) is 0.154. The van der Waals surface area contributed by atoms with Gasteiger partial charge in [-0.2, -0.15) is 0 Å². The first-order chi connectivity index (χ1) is 15.6. The number of aryl methyl sites for hydroxylation is 1. The number of cyclic esters (lactones) is 1. The number of hydrogen-bond acceptors (Lipinski definition) is 6. The summed E-state index contributed by atoms with van der Waals surface area (Å²) in [4.78, 5) is 17.8. The van der Waals surface area contributed by atoms with E-state index in [0.717, 1.165) is 16.9 Å². The molecule has 0 fully saturated rings. The minimum absolute atomic E-state index is 0.245. The summed E-state index contributed by atoms with van der Waals surface area (Å²) in [6, 6.07) is 23.3. The van der Waals surface area contributed by atoms with E-state index < -0.39 is 5.97 Å². The van der Waals surface area contributed by atoms with Gasteiger partial charge in [0, 0.05) is 16.2 Å². The molecule has 3 aromatic rings. The molecule has 5 nitrogen and oxygen atoms in total. The molecule has 0 saturated heterocycles. The maximum atomic E-state index is 12.2. The molecular formula is C26H23NO4S. The van der Waals surface area contributed by atoms with Gasteiger partial charge in [0.25, 0.3) is 0 Å². The lowest BCUT2D eigenvalue weighted by Crippen LogP contribution is -2.05. The van der Waals surface area contributed by atoms with Gasteiger partial charge in [0.05, 0.1) is 13.7 Å². The van der Waals surface area contributed by atoms with Crippen molar-refractivity contribution in [3.8, 4) is 11.5 Å². The Bertz CT molecular complexity index is 1150. The highest BCUT2D eigenvalue weighted by atomic mass is 32.2. The Hall–Kier alpha value is -3.51. The quantitative estimate of drug-likeness (QED) is 0.198. The van der Waals surface area contributed by atoms with Crippen LogP contribution in [0.5, 0.6) is 11.5 Å². The summed E-state index contributed by atoms with van der Waals surface area (Å²) in [6.45, 7) is 2.63. The zero-order chi connectivity index (χ0) is 22.3. The number of esters is 1. The van der Waals surface area contributed by atoms with Crippen molar-refractivity contribution < 1.29 is 19.0 Å². The predicted molar refractivity (Wildman–Crippen MR) is 127 cm³/mol. The Morgan fingerprint density at radius 1 is 1.00 bits per heavy atom. The Morgan fingerprint density at radius 2 is 1.78 bits per heavy atom. The maximum Gasteiger partial charge on any atom is 0.363 e. The summed E-state index contributed by atoms with van der Waals surface area (Å²) in [5.41, 5.74) is 3.02. The molecule has 162 valence electrons. The van der Waals surface area contributed by atoms with E-state index >= 15 is 0 Å². The topological polar surface area (TPSA) is 57.1 Å². The fourth-order valence-corrected chi connectivity index (χ4v) is 3.84. The van der Waals surface area contributed by atoms with Crippen molar-refractivity contribution in [2.45, 2.75) is 11.8 Å². The molecule has 1 heterocycles. The average molecular weight is 446 g/mol. The van der Waals surface area contributed by atoms with E-state index in [1.54, 1.807) is 24.9 Å². The third kappa shape index (κ3) is 5.39. The van der Waals surface area contributed by atoms with Gasteiger partial charge < -0.3 is 14.2 Å². The molecular weight excluding hydrogens is 422 g/mol. The molecule has 0 aliphatic carbocycles. The Balaban J connectivity index is 1.41. The third-order valence-electron chi connectivity index (χ3n) is 4.76. The number of rotatable bonds is 8. The van der Waals surface area contributed by atoms with Gasteiger partial charge in [-0.1, -0.05) is 42.0 Å². The van der Waals surface area contributed by atoms with Gasteiger partial charge in [-0.05, 0) is 55.0 Å². The van der Waals surface area contributed by atoms with Crippen molar-refractivity contribution in [2.24, 2.45) is 4.99 Å². The van der Waals surface area contributed by atoms with Crippen molar-refractivity contribution in [2.75, 3.05) is 19.5 Å². The molecule has 3 aromatic carbocycles. The lowest BCUT2D eigenvalue weighted by atomic mass is 10.1. The van der Waals surface area contributed by atoms with Gasteiger partial charge in [0.2, 0.25) is 5.90 Å². The van der Waals surface area contributed by atoms with Crippen molar-refractivity contribution in [3.05, 3.63) is 95.2 Å². The molecule has 0 bridgehead atoms. The normalized spacial score (nSPS) is 14.2. The number of thioether (sulfide) groups is 1. The van der Waals surface area contributed by atoms with Crippen molar-refractivity contribution in [1.82, 2.24) is 0 Å². The molecule has 32 heavy (non-hydrogen) atoms. The molecule has 0 N–H and O–H groups in total. The fourth-order valence-electron chi connectivity index (χ4n) is 3.11. The van der Waals surface area contributed by atoms with Crippen LogP contribution in [0.25, 0.3) is 6.08 Å². The van der Waals surface area contributed by atoms with Crippen LogP contribution in [0.1, 0.15) is 16.7 Å². The van der Waals surface area contributed by atoms with E-state index in [2.05, 4.69) is 36.2 Å². The summed E-state index contributed by atoms with van der Waals surface area (Å²) in [7, 11) is 1.59. The maximum absolute atomic E-state index is 12.2. The number of carbonyl (C=O) groups excluding carboxylic acids is 1. The first-order valence-corrected chi connectivity index (χ1v) is 11.2. The zero-order valence-corrected chi connectivity index (χ0v) is 18.7. The van der Waals surface area contributed by atoms with Crippen LogP contribution in [-0.4, -0.2) is 31.3 Å². The van der Waals surface area contributed by atoms with Crippen molar-refractivity contribution >= 4 is 29.7 Å². The Morgan fingerprint density at radius 3 is 2.53 bits per heavy atom. The molecule has 1 aliphatic rings. The predicted octanol–water partition coefficient (Wildman–Crippen LogP) is 5.52. The molecule has 0 aromatic heterocycles. The minimum Gasteiger partial charge on any atom is -0.493 e. The van der Waals surface area contributed by atoms with Crippen LogP contribution in [0.4, 0.5) is 0 Å². The number of aliphatic imine (C=N–C) groups is 1. The largest absolute Gasteiger partial charge is 0.493 e. The minimum atomic E-state index is -0.476. The highest BCUT2D eigenvalue weighted by Gasteiger charge is 2.24. The standard InChI is InChI=1S/C26H23NO4S/c1-18-8-11-21(12-9-18)32-15-14-30-23-13-10-19(17-24(23)29-2)16-22-26(28)31-25(27-22)20-6-4-3-5-7-20/h3-13,16-17H,14-15H2,1-2H3. The summed E-state index contributed by atoms with van der Waals surface area (Å²) in [6.07, 6.45) is 1.68. The van der Waals surface area contributed by atoms with Crippen LogP contribution in [0.15, 0.2) is 88.4 Å². The van der Waals surface area contributed by atoms with Gasteiger partial charge in [-0.15, -0.1) is 11.8 Å². The van der Waals surface area contributed by atoms with E-state index in [1.165, 1.54) is 10.5 Å². The number of nitrogens with zero attached hydrogens (tertiary/aromatic N) is 1. The first-order valence-electron chi connectivity index (χ1n) is 10.2. The highest BCUT2D eigenvalue weighted by molar-refractivity contribution is 7.99. The van der Waals surface area contributed by atoms with E-state index in [0.29, 0.717) is 24.0 Å². The van der Waals surface area contributed by atoms with Gasteiger partial charge >= 0.3 is 5.97 Å². The third-order valence-corrected chi connectivity index (χ3v) is 5.74. The average Bonchev–Trinajstić information content (AvgIpc) is 3.19. The molecule has 6 heteroatoms. The number of ether oxygens (including phenoxy) is 3. The van der Waals surface area contributed by atoms with Crippen LogP contribution >= 0.6 is 11.8 Å². The van der Waals surface area contributed by atoms with Gasteiger partial charge in [-0.25, -0.2) is 9.79 Å². The smallest absolute Gasteiger partial charge is 0.363 e. The molecule has 0 amide bonds. The van der Waals surface area contributed by atoms with Crippen molar-refractivity contribution in [3.63, 3.8) is 0 Å². The lowest BCUT2D eigenvalue weighted by Gasteiger charge is -2.11. The highest BCUT2D eigenvalue weighted by Crippen LogP contribution is 2.30. The molecule has 1 aliphatic heterocycles. The summed E-state index contributed by atoms with van der Waals surface area (Å²) in [5.74, 6) is 1.90. The van der Waals surface area contributed by atoms with E-state index in [9.17, 15) is 4.79 Å². The number of carbonyl (C=O) groups is 1. The first kappa shape index (κ1) is 21.7. The Kier molecular flexibility index (Phi) is 6.92. The van der Waals surface area contributed by atoms with Crippen molar-refractivity contribution in [1.29, 1.82) is 0 Å². The van der Waals surface area contributed by atoms with Gasteiger partial charge in [-0.3, -0.25) is 0 Å². The molecule has 0 unspecified atom stereocenters. The van der Waals surface area contributed by atoms with Crippen LogP contribution in [0, 0.1) is 6.92 Å². The molecule has 0 atom stereocenters. The summed E-state index contributed by atoms with van der Waals surface area (Å²) in [5, 5.41) is 0. The van der Waals surface area contributed by atoms with Gasteiger partial charge in [0.1, 0.15) is 0 Å². The van der Waals surface area contributed by atoms with Crippen LogP contribution in [0.3, 0.4) is 0 Å². The van der Waals surface area contributed by atoms with E-state index in [4.69, 9.17) is 14.2 Å². The second kappa shape index (κ2) is 10.2. The second-order valence-electron chi connectivity index (χ2n) is 7.12. The number of benzene rings is 3. The van der Waals surface area contributed by atoms with Crippen LogP contribution in [-0.2, 0) is 9.53 Å². The summed E-state index contributed by atoms with van der Waals surface area (Å²) < 4.78 is 16.7. The number of methoxy groups -OCH3 is 1. The Labute approximate surface area is 191 Å². The lowest BCUT2D eigenvalue weighted by molar-refractivity contribution is -0.129. The molecule has 0 saturated carbocycles. The van der Waals surface area contributed by atoms with E-state index in [-0.39, 0.29) is 5.70 Å². The van der Waals surface area contributed by atoms with Gasteiger partial charge in [0.15, 0.2) is 17.2 Å². The van der Waals surface area contributed by atoms with Crippen LogP contribution < -0.4 is 9.47 Å². The SMILES string of the molecule is COc1cc(C=C2N=C(c3ccccc3)OC2=O)ccc1OCCSc1ccc(C)cc1. The summed E-state index contributed by atoms with van der Waals surface area (Å²) >= 11 is 1.74. The van der Waals surface area contributed by atoms with Crippen LogP contribution in [0.2, 0.25) is 0 Å². The molecule has 0 spiro atoms. The second-order valence-corrected chi connectivity index (χ2v) is 8.29. The monoisotopic (exact) mass is 445 g/mol. The zero-order valence-electron chi connectivity index (χ0n) is 17.9. The molecule has 4 rings (SSSR count). The molecule has 0 radical (unpaired) electrons. The van der Waals surface area contributed by atoms with E-state index in [1.807, 2.05) is 48.5 Å². The number of hydrogen-bond donors (Lipinski definition) is 0.